The van der Waals surface area contributed by atoms with Crippen molar-refractivity contribution < 1.29 is 13.2 Å². The van der Waals surface area contributed by atoms with Crippen molar-refractivity contribution in [2.45, 2.75) is 24.9 Å². The number of aromatic nitrogens is 1. The van der Waals surface area contributed by atoms with E-state index in [1.54, 1.807) is 11.0 Å². The van der Waals surface area contributed by atoms with E-state index < -0.39 is 15.6 Å². The molecule has 2 aromatic heterocycles. The fraction of sp³-hybridized carbons (Fsp3) is 0.375. The summed E-state index contributed by atoms with van der Waals surface area (Å²) in [5.41, 5.74) is -0.439. The van der Waals surface area contributed by atoms with E-state index in [4.69, 9.17) is 11.6 Å². The lowest BCUT2D eigenvalue weighted by Gasteiger charge is -2.21. The van der Waals surface area contributed by atoms with Crippen molar-refractivity contribution in [2.24, 2.45) is 0 Å². The number of hydrogen-bond donors (Lipinski definition) is 0. The minimum atomic E-state index is -3.69. The molecule has 0 spiro atoms. The first-order valence-corrected chi connectivity index (χ1v) is 10.4. The lowest BCUT2D eigenvalue weighted by molar-refractivity contribution is -0.132. The first kappa shape index (κ1) is 20.6. The van der Waals surface area contributed by atoms with Crippen LogP contribution < -0.4 is 5.56 Å². The molecule has 10 heteroatoms. The summed E-state index contributed by atoms with van der Waals surface area (Å²) in [6.45, 7) is 2.45. The van der Waals surface area contributed by atoms with Crippen LogP contribution in [-0.4, -0.2) is 48.7 Å². The highest BCUT2D eigenvalue weighted by atomic mass is 35.5. The number of hydrogen-bond acceptors (Lipinski definition) is 5. The summed E-state index contributed by atoms with van der Waals surface area (Å²) >= 11 is 7.30. The van der Waals surface area contributed by atoms with Gasteiger partial charge in [0, 0.05) is 37.8 Å². The van der Waals surface area contributed by atoms with Crippen LogP contribution in [-0.2, 0) is 27.9 Å². The molecule has 0 saturated carbocycles. The molecule has 2 rings (SSSR count). The Balaban J connectivity index is 2.23. The van der Waals surface area contributed by atoms with E-state index in [0.717, 1.165) is 19.8 Å². The smallest absolute Gasteiger partial charge is 0.251 e. The lowest BCUT2D eigenvalue weighted by Crippen LogP contribution is -2.36. The van der Waals surface area contributed by atoms with Crippen LogP contribution in [0.2, 0.25) is 4.34 Å². The Hall–Kier alpha value is -1.68. The van der Waals surface area contributed by atoms with Crippen LogP contribution >= 0.6 is 22.9 Å². The Morgan fingerprint density at radius 1 is 1.23 bits per heavy atom. The van der Waals surface area contributed by atoms with Gasteiger partial charge in [-0.15, -0.1) is 11.3 Å². The van der Waals surface area contributed by atoms with Crippen molar-refractivity contribution in [2.75, 3.05) is 20.6 Å². The molecule has 0 N–H and O–H groups in total. The number of sulfonamides is 1. The predicted molar refractivity (Wildman–Crippen MR) is 102 cm³/mol. The van der Waals surface area contributed by atoms with Crippen molar-refractivity contribution in [3.05, 3.63) is 50.0 Å². The Kier molecular flexibility index (Phi) is 6.62. The van der Waals surface area contributed by atoms with Crippen molar-refractivity contribution in [1.82, 2.24) is 13.8 Å². The summed E-state index contributed by atoms with van der Waals surface area (Å²) in [7, 11) is -0.880. The SMILES string of the molecule is CCN(Cc1ccc(Cl)s1)C(=O)Cn1cc(S(=O)(=O)N(C)C)ccc1=O. The molecule has 2 heterocycles. The fourth-order valence-corrected chi connectivity index (χ4v) is 4.27. The van der Waals surface area contributed by atoms with Gasteiger partial charge in [0.05, 0.1) is 15.8 Å². The highest BCUT2D eigenvalue weighted by Gasteiger charge is 2.20. The van der Waals surface area contributed by atoms with Crippen LogP contribution in [0.25, 0.3) is 0 Å². The number of rotatable bonds is 7. The summed E-state index contributed by atoms with van der Waals surface area (Å²) < 4.78 is 27.2. The van der Waals surface area contributed by atoms with Gasteiger partial charge in [0.2, 0.25) is 15.9 Å². The second-order valence-electron chi connectivity index (χ2n) is 5.73. The molecule has 142 valence electrons. The van der Waals surface area contributed by atoms with Gasteiger partial charge in [-0.2, -0.15) is 0 Å². The second-order valence-corrected chi connectivity index (χ2v) is 9.68. The number of pyridine rings is 1. The van der Waals surface area contributed by atoms with Crippen LogP contribution in [0.4, 0.5) is 0 Å². The van der Waals surface area contributed by atoms with Gasteiger partial charge in [0.25, 0.3) is 5.56 Å². The second kappa shape index (κ2) is 8.34. The quantitative estimate of drug-likeness (QED) is 0.688. The minimum absolute atomic E-state index is 0.0389. The molecular formula is C16H20ClN3O4S2. The summed E-state index contributed by atoms with van der Waals surface area (Å²) in [5.74, 6) is -0.279. The predicted octanol–water partition coefficient (Wildman–Crippen LogP) is 1.86. The van der Waals surface area contributed by atoms with Crippen molar-refractivity contribution in [3.8, 4) is 0 Å². The normalized spacial score (nSPS) is 11.7. The molecular weight excluding hydrogens is 398 g/mol. The van der Waals surface area contributed by atoms with Crippen LogP contribution in [0.5, 0.6) is 0 Å². The minimum Gasteiger partial charge on any atom is -0.336 e. The van der Waals surface area contributed by atoms with Gasteiger partial charge in [0.15, 0.2) is 0 Å². The Morgan fingerprint density at radius 3 is 2.46 bits per heavy atom. The highest BCUT2D eigenvalue weighted by Crippen LogP contribution is 2.22. The Bertz CT molecular complexity index is 950. The lowest BCUT2D eigenvalue weighted by atomic mass is 10.3. The van der Waals surface area contributed by atoms with Crippen molar-refractivity contribution >= 4 is 38.9 Å². The maximum atomic E-state index is 12.6. The van der Waals surface area contributed by atoms with Crippen LogP contribution in [0.3, 0.4) is 0 Å². The van der Waals surface area contributed by atoms with E-state index in [0.29, 0.717) is 17.4 Å². The van der Waals surface area contributed by atoms with Gasteiger partial charge in [0.1, 0.15) is 6.54 Å². The van der Waals surface area contributed by atoms with Crippen molar-refractivity contribution in [3.63, 3.8) is 0 Å². The molecule has 0 aliphatic carbocycles. The molecule has 1 amide bonds. The Labute approximate surface area is 161 Å². The molecule has 7 nitrogen and oxygen atoms in total. The molecule has 0 aliphatic rings. The molecule has 0 saturated heterocycles. The zero-order chi connectivity index (χ0) is 19.5. The molecule has 26 heavy (non-hydrogen) atoms. The average Bonchev–Trinajstić information content (AvgIpc) is 2.99. The number of carbonyl (C=O) groups excluding carboxylic acids is 1. The fourth-order valence-electron chi connectivity index (χ4n) is 2.24. The monoisotopic (exact) mass is 417 g/mol. The third-order valence-corrected chi connectivity index (χ3v) is 6.77. The van der Waals surface area contributed by atoms with Gasteiger partial charge in [-0.3, -0.25) is 9.59 Å². The molecule has 0 fully saturated rings. The maximum Gasteiger partial charge on any atom is 0.251 e. The van der Waals surface area contributed by atoms with Gasteiger partial charge in [-0.1, -0.05) is 11.6 Å². The van der Waals surface area contributed by atoms with Gasteiger partial charge in [-0.25, -0.2) is 12.7 Å². The number of halogens is 1. The average molecular weight is 418 g/mol. The molecule has 0 unspecified atom stereocenters. The van der Waals surface area contributed by atoms with Gasteiger partial charge in [-0.05, 0) is 25.1 Å². The molecule has 0 aromatic carbocycles. The van der Waals surface area contributed by atoms with E-state index >= 15 is 0 Å². The van der Waals surface area contributed by atoms with E-state index in [1.807, 2.05) is 13.0 Å². The number of thiophene rings is 1. The van der Waals surface area contributed by atoms with Crippen molar-refractivity contribution in [1.29, 1.82) is 0 Å². The molecule has 0 bridgehead atoms. The third kappa shape index (κ3) is 4.73. The maximum absolute atomic E-state index is 12.6. The van der Waals surface area contributed by atoms with Crippen LogP contribution in [0, 0.1) is 0 Å². The summed E-state index contributed by atoms with van der Waals surface area (Å²) in [5, 5.41) is 0. The molecule has 0 aliphatic heterocycles. The first-order valence-electron chi connectivity index (χ1n) is 7.80. The highest BCUT2D eigenvalue weighted by molar-refractivity contribution is 7.89. The van der Waals surface area contributed by atoms with Gasteiger partial charge < -0.3 is 9.47 Å². The topological polar surface area (TPSA) is 79.7 Å². The number of nitrogens with zero attached hydrogens (tertiary/aromatic N) is 3. The number of likely N-dealkylation sites (N-methyl/N-ethyl adjacent to an activating group) is 1. The summed E-state index contributed by atoms with van der Waals surface area (Å²) in [4.78, 5) is 27.1. The molecule has 0 atom stereocenters. The van der Waals surface area contributed by atoms with E-state index in [1.165, 1.54) is 37.7 Å². The van der Waals surface area contributed by atoms with Crippen LogP contribution in [0.1, 0.15) is 11.8 Å². The summed E-state index contributed by atoms with van der Waals surface area (Å²) in [6.07, 6.45) is 1.20. The standard InChI is InChI=1S/C16H20ClN3O4S2/c1-4-19(9-12-5-7-14(17)25-12)16(22)11-20-10-13(6-8-15(20)21)26(23,24)18(2)3/h5-8,10H,4,9,11H2,1-3H3. The number of carbonyl (C=O) groups is 1. The first-order chi connectivity index (χ1) is 12.1. The third-order valence-electron chi connectivity index (χ3n) is 3.75. The van der Waals surface area contributed by atoms with E-state index in [-0.39, 0.29) is 17.3 Å². The van der Waals surface area contributed by atoms with E-state index in [9.17, 15) is 18.0 Å². The molecule has 0 radical (unpaired) electrons. The summed E-state index contributed by atoms with van der Waals surface area (Å²) in [6, 6.07) is 6.00. The Morgan fingerprint density at radius 2 is 1.92 bits per heavy atom. The zero-order valence-corrected chi connectivity index (χ0v) is 17.1. The van der Waals surface area contributed by atoms with Crippen LogP contribution in [0.15, 0.2) is 40.2 Å². The van der Waals surface area contributed by atoms with E-state index in [2.05, 4.69) is 0 Å². The zero-order valence-electron chi connectivity index (χ0n) is 14.7. The largest absolute Gasteiger partial charge is 0.336 e. The molecule has 2 aromatic rings. The van der Waals surface area contributed by atoms with Gasteiger partial charge >= 0.3 is 0 Å². The number of amides is 1.